The SMILES string of the molecule is c1ccc(-c2cc(-n3c4cc(-c5cccc6c7ccccc7n(-c7ccccc7)c56)ccc4c4ncccc43)nc(-c3ccccc3)n2)cc1.c1ccc(-c2nc(-c3ccccc3)nc(-n3c4cc(-c5cccc6c7ccccc7n(-c7ccccc7)c56)ccc4c4ncccc43)n2)cc1.c1ccc(-c2nc(-n3c4ccccc4c4cccc(-c5ccc6c7ncccc7n(-c7ccccc7)c6c5)c43)nc3ccccc23)cc1. The average molecular weight is 1890 g/mol. The van der Waals surface area contributed by atoms with E-state index in [1.54, 1.807) is 0 Å². The summed E-state index contributed by atoms with van der Waals surface area (Å²) in [6.07, 6.45) is 5.58. The topological polar surface area (TPSA) is 158 Å². The normalized spacial score (nSPS) is 11.6. The Morgan fingerprint density at radius 3 is 0.932 bits per heavy atom. The lowest BCUT2D eigenvalue weighted by Gasteiger charge is -2.14. The maximum absolute atomic E-state index is 5.32. The molecule has 16 heteroatoms. The van der Waals surface area contributed by atoms with E-state index in [4.69, 9.17) is 49.8 Å². The van der Waals surface area contributed by atoms with Crippen LogP contribution in [0.5, 0.6) is 0 Å². The highest BCUT2D eigenvalue weighted by atomic mass is 15.2. The lowest BCUT2D eigenvalue weighted by Crippen LogP contribution is -2.06. The smallest absolute Gasteiger partial charge is 0.238 e. The van der Waals surface area contributed by atoms with Crippen molar-refractivity contribution in [2.75, 3.05) is 0 Å². The summed E-state index contributed by atoms with van der Waals surface area (Å²) in [6, 6.07) is 171. The fraction of sp³-hybridized carbons (Fsp3) is 0. The van der Waals surface area contributed by atoms with Gasteiger partial charge in [-0.15, -0.1) is 0 Å². The number of hydrogen-bond acceptors (Lipinski definition) is 10. The van der Waals surface area contributed by atoms with Crippen molar-refractivity contribution in [2.24, 2.45) is 0 Å². The van der Waals surface area contributed by atoms with Gasteiger partial charge in [0.15, 0.2) is 17.5 Å². The van der Waals surface area contributed by atoms with Gasteiger partial charge in [-0.1, -0.05) is 352 Å². The molecule has 30 rings (SSSR count). The Morgan fingerprint density at radius 2 is 0.486 bits per heavy atom. The minimum absolute atomic E-state index is 0.541. The zero-order valence-corrected chi connectivity index (χ0v) is 79.7. The number of para-hydroxylation sites is 10. The van der Waals surface area contributed by atoms with Crippen molar-refractivity contribution in [3.8, 4) is 125 Å². The van der Waals surface area contributed by atoms with E-state index in [1.165, 1.54) is 38.1 Å². The molecule has 0 N–H and O–H groups in total. The van der Waals surface area contributed by atoms with Crippen LogP contribution in [0.1, 0.15) is 0 Å². The van der Waals surface area contributed by atoms with Crippen LogP contribution in [0.3, 0.4) is 0 Å². The number of rotatable bonds is 14. The molecule has 0 bridgehead atoms. The molecule has 0 aliphatic heterocycles. The first-order valence-corrected chi connectivity index (χ1v) is 49.6. The number of hydrogen-bond donors (Lipinski definition) is 0. The largest absolute Gasteiger partial charge is 0.309 e. The van der Waals surface area contributed by atoms with Gasteiger partial charge in [-0.25, -0.2) is 24.9 Å². The molecule has 0 radical (unpaired) electrons. The maximum Gasteiger partial charge on any atom is 0.238 e. The number of pyridine rings is 3. The molecule has 0 saturated carbocycles. The van der Waals surface area contributed by atoms with Crippen molar-refractivity contribution in [3.05, 3.63) is 510 Å². The molecule has 0 fully saturated rings. The van der Waals surface area contributed by atoms with E-state index in [-0.39, 0.29) is 0 Å². The van der Waals surface area contributed by atoms with Gasteiger partial charge < -0.3 is 13.7 Å². The molecular formula is C132H84N16. The minimum Gasteiger partial charge on any atom is -0.309 e. The molecule has 0 atom stereocenters. The first kappa shape index (κ1) is 85.6. The maximum atomic E-state index is 5.32. The molecule has 148 heavy (non-hydrogen) atoms. The first-order valence-electron chi connectivity index (χ1n) is 49.6. The lowest BCUT2D eigenvalue weighted by molar-refractivity contribution is 0.953. The summed E-state index contributed by atoms with van der Waals surface area (Å²) in [5, 5.41) is 11.5. The molecular weight excluding hydrogens is 1810 g/mol. The Balaban J connectivity index is 0.000000107. The summed E-state index contributed by atoms with van der Waals surface area (Å²) in [7, 11) is 0. The summed E-state index contributed by atoms with van der Waals surface area (Å²) in [6.45, 7) is 0. The Morgan fingerprint density at radius 1 is 0.162 bits per heavy atom. The van der Waals surface area contributed by atoms with Crippen LogP contribution in [0, 0.1) is 0 Å². The fourth-order valence-corrected chi connectivity index (χ4v) is 21.9. The van der Waals surface area contributed by atoms with Gasteiger partial charge in [-0.3, -0.25) is 28.7 Å². The van der Waals surface area contributed by atoms with E-state index in [0.717, 1.165) is 200 Å². The highest BCUT2D eigenvalue weighted by Gasteiger charge is 2.28. The molecule has 0 amide bonds. The van der Waals surface area contributed by atoms with Crippen LogP contribution in [0.15, 0.2) is 510 Å². The number of aromatic nitrogens is 16. The predicted octanol–water partition coefficient (Wildman–Crippen LogP) is 32.1. The molecule has 0 aliphatic carbocycles. The molecule has 0 spiro atoms. The van der Waals surface area contributed by atoms with Crippen molar-refractivity contribution in [2.45, 2.75) is 0 Å². The lowest BCUT2D eigenvalue weighted by atomic mass is 10.0. The van der Waals surface area contributed by atoms with Gasteiger partial charge in [0.25, 0.3) is 0 Å². The molecule has 0 unspecified atom stereocenters. The van der Waals surface area contributed by atoms with Crippen LogP contribution in [-0.2, 0) is 0 Å². The second-order valence-electron chi connectivity index (χ2n) is 36.9. The highest BCUT2D eigenvalue weighted by molar-refractivity contribution is 6.19. The molecule has 30 aromatic rings. The Hall–Kier alpha value is -20.4. The molecule has 692 valence electrons. The van der Waals surface area contributed by atoms with Crippen LogP contribution < -0.4 is 0 Å². The predicted molar refractivity (Wildman–Crippen MR) is 604 cm³/mol. The van der Waals surface area contributed by atoms with Crippen LogP contribution in [-0.4, -0.2) is 77.2 Å². The van der Waals surface area contributed by atoms with Gasteiger partial charge >= 0.3 is 0 Å². The summed E-state index contributed by atoms with van der Waals surface area (Å²) < 4.78 is 13.7. The minimum atomic E-state index is 0.541. The molecule has 16 nitrogen and oxygen atoms in total. The molecule has 12 aromatic heterocycles. The summed E-state index contributed by atoms with van der Waals surface area (Å²) in [4.78, 5) is 50.5. The van der Waals surface area contributed by atoms with Crippen molar-refractivity contribution in [3.63, 3.8) is 0 Å². The van der Waals surface area contributed by atoms with Gasteiger partial charge in [0, 0.05) is 140 Å². The van der Waals surface area contributed by atoms with E-state index >= 15 is 0 Å². The second-order valence-corrected chi connectivity index (χ2v) is 36.9. The van der Waals surface area contributed by atoms with Crippen molar-refractivity contribution >= 4 is 142 Å². The molecule has 0 saturated heterocycles. The van der Waals surface area contributed by atoms with E-state index in [2.05, 4.69) is 391 Å². The van der Waals surface area contributed by atoms with Crippen LogP contribution >= 0.6 is 0 Å². The standard InChI is InChI=1S/C45H29N5.C44H28N6.C43H27N5/c1-4-14-30(15-5-1)38-29-42(48-45(47-38)31-16-6-2-7-17-31)50-40-24-13-27-46-43(40)37-26-25-32(28-41(37)50)34-21-12-22-36-35-20-10-11-23-39(35)49(44(34)36)33-18-8-3-9-19-33;1-4-14-29(15-5-1)42-46-43(30-16-6-2-7-17-30)48-44(47-42)50-38-24-13-27-45-40(38)36-26-25-31(28-39(36)50)33-21-12-22-35-34-20-10-11-23-37(34)49(41(33)35)32-18-8-3-9-19-32;1-3-13-28(14-4-1)40-34-18-7-9-21-36(34)45-43(46-40)48-37-22-10-8-17-32(37)33-20-11-19-31(42(33)48)29-24-25-35-39(27-29)47(30-15-5-2-6-16-30)38-23-12-26-44-41(35)38/h1-29H;1-28H;1-27H. The number of benzene rings is 18. The summed E-state index contributed by atoms with van der Waals surface area (Å²) >= 11 is 0. The number of nitrogens with zero attached hydrogens (tertiary/aromatic N) is 16. The second kappa shape index (κ2) is 36.0. The third-order valence-corrected chi connectivity index (χ3v) is 28.4. The summed E-state index contributed by atoms with van der Waals surface area (Å²) in [5.41, 5.74) is 33.5. The third-order valence-electron chi connectivity index (χ3n) is 28.4. The molecule has 12 heterocycles. The van der Waals surface area contributed by atoms with Crippen LogP contribution in [0.4, 0.5) is 0 Å². The number of fused-ring (bicyclic) bond motifs is 19. The Kier molecular flexibility index (Phi) is 20.8. The van der Waals surface area contributed by atoms with Crippen molar-refractivity contribution in [1.82, 2.24) is 77.2 Å². The zero-order chi connectivity index (χ0) is 97.6. The molecule has 0 aliphatic rings. The monoisotopic (exact) mass is 1890 g/mol. The van der Waals surface area contributed by atoms with Gasteiger partial charge in [-0.2, -0.15) is 9.97 Å². The van der Waals surface area contributed by atoms with E-state index in [9.17, 15) is 0 Å². The molecule has 18 aromatic carbocycles. The van der Waals surface area contributed by atoms with Gasteiger partial charge in [0.1, 0.15) is 5.82 Å². The van der Waals surface area contributed by atoms with Crippen LogP contribution in [0.25, 0.3) is 267 Å². The van der Waals surface area contributed by atoms with E-state index in [1.807, 2.05) is 146 Å². The van der Waals surface area contributed by atoms with Crippen LogP contribution in [0.2, 0.25) is 0 Å². The van der Waals surface area contributed by atoms with E-state index < -0.39 is 0 Å². The third kappa shape index (κ3) is 14.6. The van der Waals surface area contributed by atoms with Gasteiger partial charge in [0.05, 0.1) is 99.7 Å². The van der Waals surface area contributed by atoms with Crippen molar-refractivity contribution < 1.29 is 0 Å². The van der Waals surface area contributed by atoms with Gasteiger partial charge in [-0.05, 0) is 150 Å². The fourth-order valence-electron chi connectivity index (χ4n) is 21.9. The average Bonchev–Trinajstić information content (AvgIpc) is 1.55. The first-order chi connectivity index (χ1) is 73.5. The van der Waals surface area contributed by atoms with Gasteiger partial charge in [0.2, 0.25) is 11.9 Å². The quantitative estimate of drug-likeness (QED) is 0.103. The highest BCUT2D eigenvalue weighted by Crippen LogP contribution is 2.47. The summed E-state index contributed by atoms with van der Waals surface area (Å²) in [5.74, 6) is 3.88. The van der Waals surface area contributed by atoms with E-state index in [0.29, 0.717) is 29.4 Å². The van der Waals surface area contributed by atoms with Crippen molar-refractivity contribution in [1.29, 1.82) is 0 Å². The Labute approximate surface area is 848 Å². The zero-order valence-electron chi connectivity index (χ0n) is 79.7. The Bertz CT molecular complexity index is 9910.